The predicted molar refractivity (Wildman–Crippen MR) is 147 cm³/mol. The van der Waals surface area contributed by atoms with Crippen molar-refractivity contribution in [2.45, 2.75) is 13.1 Å². The lowest BCUT2D eigenvalue weighted by molar-refractivity contribution is -0.384. The highest BCUT2D eigenvalue weighted by molar-refractivity contribution is 5.64. The summed E-state index contributed by atoms with van der Waals surface area (Å²) in [7, 11) is 2.96. The maximum absolute atomic E-state index is 11.0. The minimum absolute atomic E-state index is 0.00952. The van der Waals surface area contributed by atoms with E-state index in [0.717, 1.165) is 11.1 Å². The van der Waals surface area contributed by atoms with Gasteiger partial charge in [0.15, 0.2) is 0 Å². The number of methoxy groups -OCH3 is 2. The van der Waals surface area contributed by atoms with Crippen LogP contribution in [-0.2, 0) is 13.1 Å². The monoisotopic (exact) mass is 516 g/mol. The van der Waals surface area contributed by atoms with Crippen molar-refractivity contribution in [2.24, 2.45) is 0 Å². The average Bonchev–Trinajstić information content (AvgIpc) is 2.96. The fourth-order valence-corrected chi connectivity index (χ4v) is 3.46. The third kappa shape index (κ3) is 7.95. The molecule has 38 heavy (non-hydrogen) atoms. The van der Waals surface area contributed by atoms with Crippen molar-refractivity contribution in [1.82, 2.24) is 0 Å². The lowest BCUT2D eigenvalue weighted by atomic mass is 10.2. The second-order valence-electron chi connectivity index (χ2n) is 7.96. The van der Waals surface area contributed by atoms with Crippen LogP contribution in [0.4, 0.5) is 22.7 Å². The molecule has 4 rings (SSSR count). The largest absolute Gasteiger partial charge is 0.496 e. The Morgan fingerprint density at radius 3 is 1.29 bits per heavy atom. The molecule has 4 aromatic rings. The second-order valence-corrected chi connectivity index (χ2v) is 7.96. The minimum Gasteiger partial charge on any atom is -0.496 e. The first-order valence-electron chi connectivity index (χ1n) is 11.6. The highest BCUT2D eigenvalue weighted by Gasteiger charge is 2.15. The van der Waals surface area contributed by atoms with Crippen molar-refractivity contribution in [2.75, 3.05) is 24.9 Å². The molecule has 0 spiro atoms. The zero-order valence-electron chi connectivity index (χ0n) is 21.0. The van der Waals surface area contributed by atoms with E-state index in [1.165, 1.54) is 26.4 Å². The Bertz CT molecular complexity index is 1250. The summed E-state index contributed by atoms with van der Waals surface area (Å²) in [4.78, 5) is 21.2. The Balaban J connectivity index is 0.000000211. The summed E-state index contributed by atoms with van der Waals surface area (Å²) in [6, 6.07) is 28.9. The minimum atomic E-state index is -0.421. The molecule has 0 amide bonds. The van der Waals surface area contributed by atoms with E-state index in [4.69, 9.17) is 9.47 Å². The molecular weight excluding hydrogens is 488 g/mol. The SMILES string of the molecule is COc1ccc(NCc2ccccc2)c([N+](=O)[O-])c1.COc1ccc(NCc2ccccc2)c([N+](=O)[O-])c1. The summed E-state index contributed by atoms with van der Waals surface area (Å²) in [5.74, 6) is 0.939. The predicted octanol–water partition coefficient (Wildman–Crippen LogP) is 6.43. The molecule has 0 unspecified atom stereocenters. The lowest BCUT2D eigenvalue weighted by Crippen LogP contribution is -2.02. The standard InChI is InChI=1S/2C14H14N2O3/c2*1-19-12-7-8-13(14(9-12)16(17)18)15-10-11-5-3-2-4-6-11/h2*2-9,15H,10H2,1H3. The summed E-state index contributed by atoms with van der Waals surface area (Å²) in [6.45, 7) is 1.07. The van der Waals surface area contributed by atoms with Crippen molar-refractivity contribution >= 4 is 22.7 Å². The fourth-order valence-electron chi connectivity index (χ4n) is 3.46. The Kier molecular flexibility index (Phi) is 10.00. The van der Waals surface area contributed by atoms with Gasteiger partial charge in [-0.25, -0.2) is 0 Å². The molecule has 0 bridgehead atoms. The summed E-state index contributed by atoms with van der Waals surface area (Å²) in [6.07, 6.45) is 0. The van der Waals surface area contributed by atoms with Crippen molar-refractivity contribution in [3.8, 4) is 11.5 Å². The number of hydrogen-bond acceptors (Lipinski definition) is 8. The van der Waals surface area contributed by atoms with Crippen molar-refractivity contribution < 1.29 is 19.3 Å². The van der Waals surface area contributed by atoms with Crippen LogP contribution in [-0.4, -0.2) is 24.1 Å². The molecule has 0 aliphatic rings. The number of nitrogens with one attached hydrogen (secondary N) is 2. The highest BCUT2D eigenvalue weighted by atomic mass is 16.6. The Morgan fingerprint density at radius 1 is 0.605 bits per heavy atom. The summed E-state index contributed by atoms with van der Waals surface area (Å²) in [5, 5.41) is 28.2. The summed E-state index contributed by atoms with van der Waals surface area (Å²) < 4.78 is 9.98. The van der Waals surface area contributed by atoms with Crippen molar-refractivity contribution in [1.29, 1.82) is 0 Å². The number of rotatable bonds is 10. The van der Waals surface area contributed by atoms with Crippen molar-refractivity contribution in [3.63, 3.8) is 0 Å². The molecule has 0 aromatic heterocycles. The topological polar surface area (TPSA) is 129 Å². The zero-order valence-corrected chi connectivity index (χ0v) is 21.0. The number of hydrogen-bond donors (Lipinski definition) is 2. The van der Waals surface area contributed by atoms with Crippen LogP contribution in [0.1, 0.15) is 11.1 Å². The fraction of sp³-hybridized carbons (Fsp3) is 0.143. The van der Waals surface area contributed by atoms with Gasteiger partial charge in [-0.1, -0.05) is 60.7 Å². The van der Waals surface area contributed by atoms with Gasteiger partial charge in [-0.3, -0.25) is 20.2 Å². The molecule has 2 N–H and O–H groups in total. The molecular formula is C28H28N4O6. The van der Waals surface area contributed by atoms with Gasteiger partial charge in [0.2, 0.25) is 0 Å². The molecule has 0 aliphatic heterocycles. The van der Waals surface area contributed by atoms with Crippen LogP contribution in [0, 0.1) is 20.2 Å². The lowest BCUT2D eigenvalue weighted by Gasteiger charge is -2.08. The number of anilines is 2. The third-order valence-electron chi connectivity index (χ3n) is 5.45. The van der Waals surface area contributed by atoms with Crippen LogP contribution < -0.4 is 20.1 Å². The number of nitro groups is 2. The van der Waals surface area contributed by atoms with Crippen LogP contribution in [0.2, 0.25) is 0 Å². The quantitative estimate of drug-likeness (QED) is 0.182. The number of benzene rings is 4. The van der Waals surface area contributed by atoms with Gasteiger partial charge in [0, 0.05) is 13.1 Å². The van der Waals surface area contributed by atoms with E-state index in [-0.39, 0.29) is 11.4 Å². The Morgan fingerprint density at radius 2 is 0.974 bits per heavy atom. The molecule has 4 aromatic carbocycles. The van der Waals surface area contributed by atoms with Crippen LogP contribution in [0.25, 0.3) is 0 Å². The van der Waals surface area contributed by atoms with Gasteiger partial charge in [0.25, 0.3) is 11.4 Å². The highest BCUT2D eigenvalue weighted by Crippen LogP contribution is 2.30. The van der Waals surface area contributed by atoms with Gasteiger partial charge in [-0.15, -0.1) is 0 Å². The van der Waals surface area contributed by atoms with E-state index in [0.29, 0.717) is 36.0 Å². The Hall–Kier alpha value is -5.12. The first-order chi connectivity index (χ1) is 18.4. The van der Waals surface area contributed by atoms with Crippen LogP contribution in [0.15, 0.2) is 97.1 Å². The van der Waals surface area contributed by atoms with Crippen molar-refractivity contribution in [3.05, 3.63) is 128 Å². The maximum atomic E-state index is 11.0. The third-order valence-corrected chi connectivity index (χ3v) is 5.45. The van der Waals surface area contributed by atoms with E-state index in [1.807, 2.05) is 60.7 Å². The number of nitrogens with zero attached hydrogens (tertiary/aromatic N) is 2. The van der Waals surface area contributed by atoms with Gasteiger partial charge in [0.1, 0.15) is 22.9 Å². The van der Waals surface area contributed by atoms with E-state index in [1.54, 1.807) is 24.3 Å². The van der Waals surface area contributed by atoms with Gasteiger partial charge in [-0.05, 0) is 35.4 Å². The second kappa shape index (κ2) is 13.8. The number of nitro benzene ring substituents is 2. The average molecular weight is 517 g/mol. The van der Waals surface area contributed by atoms with Crippen LogP contribution >= 0.6 is 0 Å². The van der Waals surface area contributed by atoms with Gasteiger partial charge in [-0.2, -0.15) is 0 Å². The molecule has 0 saturated heterocycles. The van der Waals surface area contributed by atoms with E-state index in [9.17, 15) is 20.2 Å². The molecule has 10 heteroatoms. The first-order valence-corrected chi connectivity index (χ1v) is 11.6. The first kappa shape index (κ1) is 27.5. The zero-order chi connectivity index (χ0) is 27.3. The molecule has 0 aliphatic carbocycles. The molecule has 10 nitrogen and oxygen atoms in total. The van der Waals surface area contributed by atoms with E-state index < -0.39 is 9.85 Å². The molecule has 0 atom stereocenters. The van der Waals surface area contributed by atoms with Gasteiger partial charge < -0.3 is 20.1 Å². The van der Waals surface area contributed by atoms with E-state index in [2.05, 4.69) is 10.6 Å². The normalized spacial score (nSPS) is 9.95. The van der Waals surface area contributed by atoms with Crippen LogP contribution in [0.3, 0.4) is 0 Å². The molecule has 196 valence electrons. The molecule has 0 saturated carbocycles. The number of ether oxygens (including phenoxy) is 2. The van der Waals surface area contributed by atoms with Gasteiger partial charge in [0.05, 0.1) is 36.2 Å². The molecule has 0 fully saturated rings. The Labute approximate surface area is 220 Å². The maximum Gasteiger partial charge on any atom is 0.296 e. The summed E-state index contributed by atoms with van der Waals surface area (Å²) >= 11 is 0. The smallest absolute Gasteiger partial charge is 0.296 e. The van der Waals surface area contributed by atoms with Gasteiger partial charge >= 0.3 is 0 Å². The molecule has 0 heterocycles. The summed E-state index contributed by atoms with van der Waals surface area (Å²) in [5.41, 5.74) is 3.11. The van der Waals surface area contributed by atoms with E-state index >= 15 is 0 Å². The molecule has 0 radical (unpaired) electrons. The van der Waals surface area contributed by atoms with Crippen LogP contribution in [0.5, 0.6) is 11.5 Å².